The SMILES string of the molecule is C=CCCCN(C)C(=NC)NCc1ccc(N(C)C)cc1.I. The van der Waals surface area contributed by atoms with Gasteiger partial charge in [-0.2, -0.15) is 0 Å². The van der Waals surface area contributed by atoms with Crippen molar-refractivity contribution in [3.8, 4) is 0 Å². The lowest BCUT2D eigenvalue weighted by atomic mass is 10.2. The van der Waals surface area contributed by atoms with Crippen LogP contribution >= 0.6 is 24.0 Å². The first-order valence-corrected chi connectivity index (χ1v) is 7.37. The molecule has 1 aromatic rings. The molecule has 0 aliphatic carbocycles. The maximum absolute atomic E-state index is 4.32. The van der Waals surface area contributed by atoms with Gasteiger partial charge in [0.2, 0.25) is 0 Å². The minimum absolute atomic E-state index is 0. The van der Waals surface area contributed by atoms with Crippen LogP contribution in [0.1, 0.15) is 18.4 Å². The molecule has 0 saturated carbocycles. The summed E-state index contributed by atoms with van der Waals surface area (Å²) in [5, 5.41) is 3.40. The summed E-state index contributed by atoms with van der Waals surface area (Å²) < 4.78 is 0. The number of anilines is 1. The normalized spacial score (nSPS) is 10.6. The van der Waals surface area contributed by atoms with Crippen LogP contribution in [-0.2, 0) is 6.54 Å². The second kappa shape index (κ2) is 11.3. The van der Waals surface area contributed by atoms with Gasteiger partial charge in [0.05, 0.1) is 0 Å². The Kier molecular flexibility index (Phi) is 10.7. The molecule has 5 heteroatoms. The van der Waals surface area contributed by atoms with Crippen LogP contribution in [0.2, 0.25) is 0 Å². The minimum Gasteiger partial charge on any atom is -0.378 e. The minimum atomic E-state index is 0. The maximum atomic E-state index is 4.32. The van der Waals surface area contributed by atoms with E-state index in [-0.39, 0.29) is 24.0 Å². The van der Waals surface area contributed by atoms with Gasteiger partial charge in [-0.15, -0.1) is 30.6 Å². The molecule has 0 fully saturated rings. The maximum Gasteiger partial charge on any atom is 0.193 e. The molecule has 0 saturated heterocycles. The van der Waals surface area contributed by atoms with E-state index in [0.717, 1.165) is 31.9 Å². The Hall–Kier alpha value is -1.24. The molecule has 0 bridgehead atoms. The van der Waals surface area contributed by atoms with Crippen molar-refractivity contribution in [2.45, 2.75) is 19.4 Å². The van der Waals surface area contributed by atoms with Crippen LogP contribution < -0.4 is 10.2 Å². The first-order valence-electron chi connectivity index (χ1n) is 7.37. The van der Waals surface area contributed by atoms with Crippen LogP contribution in [0.15, 0.2) is 41.9 Å². The van der Waals surface area contributed by atoms with Crippen LogP contribution in [0.4, 0.5) is 5.69 Å². The number of allylic oxidation sites excluding steroid dienone is 1. The summed E-state index contributed by atoms with van der Waals surface area (Å²) in [5.74, 6) is 0.927. The molecule has 1 aromatic carbocycles. The van der Waals surface area contributed by atoms with E-state index in [4.69, 9.17) is 0 Å². The monoisotopic (exact) mass is 416 g/mol. The molecule has 0 amide bonds. The smallest absolute Gasteiger partial charge is 0.193 e. The van der Waals surface area contributed by atoms with Crippen molar-refractivity contribution in [2.24, 2.45) is 4.99 Å². The molecule has 1 rings (SSSR count). The number of unbranched alkanes of at least 4 members (excludes halogenated alkanes) is 1. The van der Waals surface area contributed by atoms with E-state index >= 15 is 0 Å². The molecule has 1 N–H and O–H groups in total. The molecule has 0 spiro atoms. The van der Waals surface area contributed by atoms with Crippen molar-refractivity contribution in [1.29, 1.82) is 0 Å². The summed E-state index contributed by atoms with van der Waals surface area (Å²) in [7, 11) is 7.98. The lowest BCUT2D eigenvalue weighted by Gasteiger charge is -2.22. The van der Waals surface area contributed by atoms with Crippen molar-refractivity contribution < 1.29 is 0 Å². The lowest BCUT2D eigenvalue weighted by molar-refractivity contribution is 0.470. The van der Waals surface area contributed by atoms with Gasteiger partial charge in [0.15, 0.2) is 5.96 Å². The third kappa shape index (κ3) is 7.15. The molecule has 0 unspecified atom stereocenters. The molecule has 0 aliphatic rings. The first-order chi connectivity index (χ1) is 10.1. The zero-order chi connectivity index (χ0) is 15.7. The standard InChI is InChI=1S/C17H28N4.HI/c1-6-7-8-13-21(5)17(18-2)19-14-15-9-11-16(12-10-15)20(3)4;/h6,9-12H,1,7-8,13-14H2,2-5H3,(H,18,19);1H. The Bertz CT molecular complexity index is 454. The summed E-state index contributed by atoms with van der Waals surface area (Å²) in [4.78, 5) is 8.58. The second-order valence-corrected chi connectivity index (χ2v) is 5.31. The summed E-state index contributed by atoms with van der Waals surface area (Å²) in [6.07, 6.45) is 4.09. The van der Waals surface area contributed by atoms with Crippen molar-refractivity contribution in [1.82, 2.24) is 10.2 Å². The van der Waals surface area contributed by atoms with Crippen molar-refractivity contribution in [3.63, 3.8) is 0 Å². The van der Waals surface area contributed by atoms with E-state index in [1.165, 1.54) is 11.3 Å². The van der Waals surface area contributed by atoms with Gasteiger partial charge in [0.1, 0.15) is 0 Å². The van der Waals surface area contributed by atoms with Crippen LogP contribution in [0.3, 0.4) is 0 Å². The van der Waals surface area contributed by atoms with E-state index < -0.39 is 0 Å². The number of aliphatic imine (C=N–C) groups is 1. The molecule has 4 nitrogen and oxygen atoms in total. The van der Waals surface area contributed by atoms with Gasteiger partial charge < -0.3 is 15.1 Å². The van der Waals surface area contributed by atoms with Crippen LogP contribution in [-0.4, -0.2) is 45.6 Å². The highest BCUT2D eigenvalue weighted by atomic mass is 127. The first kappa shape index (κ1) is 20.8. The third-order valence-electron chi connectivity index (χ3n) is 3.38. The van der Waals surface area contributed by atoms with E-state index in [1.54, 1.807) is 0 Å². The molecule has 124 valence electrons. The largest absolute Gasteiger partial charge is 0.378 e. The Morgan fingerprint density at radius 3 is 2.36 bits per heavy atom. The summed E-state index contributed by atoms with van der Waals surface area (Å²) >= 11 is 0. The molecule has 0 atom stereocenters. The fourth-order valence-electron chi connectivity index (χ4n) is 2.06. The van der Waals surface area contributed by atoms with E-state index in [1.807, 2.05) is 27.2 Å². The molecular weight excluding hydrogens is 387 g/mol. The zero-order valence-corrected chi connectivity index (χ0v) is 16.5. The second-order valence-electron chi connectivity index (χ2n) is 5.31. The highest BCUT2D eigenvalue weighted by Crippen LogP contribution is 2.12. The topological polar surface area (TPSA) is 30.9 Å². The van der Waals surface area contributed by atoms with E-state index in [2.05, 4.69) is 58.0 Å². The van der Waals surface area contributed by atoms with Crippen LogP contribution in [0.25, 0.3) is 0 Å². The van der Waals surface area contributed by atoms with Gasteiger partial charge in [-0.1, -0.05) is 18.2 Å². The van der Waals surface area contributed by atoms with Crippen LogP contribution in [0, 0.1) is 0 Å². The van der Waals surface area contributed by atoms with Gasteiger partial charge in [0.25, 0.3) is 0 Å². The highest BCUT2D eigenvalue weighted by molar-refractivity contribution is 14.0. The molecule has 0 radical (unpaired) electrons. The number of rotatable bonds is 7. The van der Waals surface area contributed by atoms with E-state index in [9.17, 15) is 0 Å². The molecule has 0 heterocycles. The van der Waals surface area contributed by atoms with E-state index in [0.29, 0.717) is 0 Å². The predicted octanol–water partition coefficient (Wildman–Crippen LogP) is 3.34. The number of benzene rings is 1. The molecular formula is C17H29IN4. The Morgan fingerprint density at radius 2 is 1.86 bits per heavy atom. The summed E-state index contributed by atoms with van der Waals surface area (Å²) in [6.45, 7) is 5.51. The van der Waals surface area contributed by atoms with Gasteiger partial charge in [-0.05, 0) is 30.5 Å². The van der Waals surface area contributed by atoms with Gasteiger partial charge in [0, 0.05) is 47.0 Å². The average Bonchev–Trinajstić information content (AvgIpc) is 2.48. The third-order valence-corrected chi connectivity index (χ3v) is 3.38. The fraction of sp³-hybridized carbons (Fsp3) is 0.471. The zero-order valence-electron chi connectivity index (χ0n) is 14.2. The Labute approximate surface area is 152 Å². The number of nitrogens with zero attached hydrogens (tertiary/aromatic N) is 3. The quantitative estimate of drug-likeness (QED) is 0.243. The Balaban J connectivity index is 0.00000441. The van der Waals surface area contributed by atoms with Crippen molar-refractivity contribution in [3.05, 3.63) is 42.5 Å². The van der Waals surface area contributed by atoms with Gasteiger partial charge >= 0.3 is 0 Å². The van der Waals surface area contributed by atoms with Crippen LogP contribution in [0.5, 0.6) is 0 Å². The summed E-state index contributed by atoms with van der Waals surface area (Å²) in [5.41, 5.74) is 2.46. The molecule has 0 aliphatic heterocycles. The number of nitrogens with one attached hydrogen (secondary N) is 1. The van der Waals surface area contributed by atoms with Gasteiger partial charge in [-0.25, -0.2) is 0 Å². The number of halogens is 1. The average molecular weight is 416 g/mol. The summed E-state index contributed by atoms with van der Waals surface area (Å²) in [6, 6.07) is 8.56. The highest BCUT2D eigenvalue weighted by Gasteiger charge is 2.05. The number of guanidine groups is 1. The fourth-order valence-corrected chi connectivity index (χ4v) is 2.06. The van der Waals surface area contributed by atoms with Gasteiger partial charge in [-0.3, -0.25) is 4.99 Å². The predicted molar refractivity (Wildman–Crippen MR) is 108 cm³/mol. The molecule has 0 aromatic heterocycles. The molecule has 22 heavy (non-hydrogen) atoms. The Morgan fingerprint density at radius 1 is 1.23 bits per heavy atom. The number of hydrogen-bond donors (Lipinski definition) is 1. The number of hydrogen-bond acceptors (Lipinski definition) is 2. The van der Waals surface area contributed by atoms with Crippen molar-refractivity contribution >= 4 is 35.6 Å². The lowest BCUT2D eigenvalue weighted by Crippen LogP contribution is -2.38. The van der Waals surface area contributed by atoms with Crippen molar-refractivity contribution in [2.75, 3.05) is 39.6 Å².